The average molecular weight is 389 g/mol. The van der Waals surface area contributed by atoms with Crippen LogP contribution in [0.2, 0.25) is 0 Å². The molecular weight excluding hydrogens is 362 g/mol. The third-order valence-electron chi connectivity index (χ3n) is 5.43. The number of ether oxygens (including phenoxy) is 1. The quantitative estimate of drug-likeness (QED) is 0.716. The molecule has 3 aromatic rings. The molecule has 5 nitrogen and oxygen atoms in total. The van der Waals surface area contributed by atoms with Crippen LogP contribution >= 0.6 is 0 Å². The molecule has 0 saturated carbocycles. The minimum absolute atomic E-state index is 0.162. The Hall–Kier alpha value is -3.05. The molecule has 0 radical (unpaired) electrons. The number of benzene rings is 3. The smallest absolute Gasteiger partial charge is 0.265 e. The van der Waals surface area contributed by atoms with Crippen molar-refractivity contribution in [1.29, 1.82) is 0 Å². The maximum atomic E-state index is 12.6. The fourth-order valence-electron chi connectivity index (χ4n) is 3.61. The number of carbonyl (C=O) groups excluding carboxylic acids is 1. The summed E-state index contributed by atoms with van der Waals surface area (Å²) in [5.74, 6) is 0.557. The number of piperazine rings is 1. The van der Waals surface area contributed by atoms with Gasteiger partial charge in [0.25, 0.3) is 5.91 Å². The molecule has 0 unspecified atom stereocenters. The highest BCUT2D eigenvalue weighted by Crippen LogP contribution is 2.26. The molecule has 1 atom stereocenters. The molecule has 3 aromatic carbocycles. The maximum Gasteiger partial charge on any atom is 0.265 e. The Morgan fingerprint density at radius 3 is 2.38 bits per heavy atom. The number of hydrogen-bond acceptors (Lipinski definition) is 4. The van der Waals surface area contributed by atoms with Gasteiger partial charge in [0.2, 0.25) is 0 Å². The number of nitrogens with zero attached hydrogens (tertiary/aromatic N) is 2. The van der Waals surface area contributed by atoms with Crippen LogP contribution < -0.4 is 15.0 Å². The molecule has 1 N–H and O–H groups in total. The number of likely N-dealkylation sites (N-methyl/N-ethyl adjacent to an activating group) is 1. The number of hydrogen-bond donors (Lipinski definition) is 1. The lowest BCUT2D eigenvalue weighted by Crippen LogP contribution is -2.44. The molecule has 1 aliphatic heterocycles. The molecule has 1 heterocycles. The van der Waals surface area contributed by atoms with E-state index in [1.54, 1.807) is 6.92 Å². The second kappa shape index (κ2) is 8.53. The molecule has 29 heavy (non-hydrogen) atoms. The Bertz CT molecular complexity index is 974. The fourth-order valence-corrected chi connectivity index (χ4v) is 3.61. The van der Waals surface area contributed by atoms with Gasteiger partial charge in [-0.15, -0.1) is 0 Å². The van der Waals surface area contributed by atoms with Gasteiger partial charge in [-0.2, -0.15) is 0 Å². The van der Waals surface area contributed by atoms with Crippen LogP contribution in [0.15, 0.2) is 66.7 Å². The van der Waals surface area contributed by atoms with Crippen molar-refractivity contribution in [2.45, 2.75) is 13.0 Å². The van der Waals surface area contributed by atoms with Gasteiger partial charge in [0.15, 0.2) is 6.10 Å². The molecule has 5 heteroatoms. The summed E-state index contributed by atoms with van der Waals surface area (Å²) in [6.45, 7) is 5.97. The summed E-state index contributed by atoms with van der Waals surface area (Å²) in [5.41, 5.74) is 1.97. The first-order valence-electron chi connectivity index (χ1n) is 10.1. The Morgan fingerprint density at radius 1 is 0.931 bits per heavy atom. The predicted octanol–water partition coefficient (Wildman–Crippen LogP) is 4.00. The van der Waals surface area contributed by atoms with Gasteiger partial charge < -0.3 is 19.9 Å². The average Bonchev–Trinajstić information content (AvgIpc) is 2.75. The SMILES string of the molecule is C[C@@H](Oc1cccc2ccccc12)C(=O)Nc1ccc(N2CCN(C)CC2)cc1. The second-order valence-corrected chi connectivity index (χ2v) is 7.56. The van der Waals surface area contributed by atoms with Crippen molar-refractivity contribution in [2.75, 3.05) is 43.4 Å². The highest BCUT2D eigenvalue weighted by Gasteiger charge is 2.17. The Morgan fingerprint density at radius 2 is 1.62 bits per heavy atom. The highest BCUT2D eigenvalue weighted by atomic mass is 16.5. The van der Waals surface area contributed by atoms with Gasteiger partial charge in [-0.3, -0.25) is 4.79 Å². The van der Waals surface area contributed by atoms with Crippen molar-refractivity contribution in [2.24, 2.45) is 0 Å². The summed E-state index contributed by atoms with van der Waals surface area (Å²) >= 11 is 0. The van der Waals surface area contributed by atoms with E-state index in [1.165, 1.54) is 5.69 Å². The zero-order valence-electron chi connectivity index (χ0n) is 17.0. The van der Waals surface area contributed by atoms with E-state index in [4.69, 9.17) is 4.74 Å². The van der Waals surface area contributed by atoms with Crippen LogP contribution in [0, 0.1) is 0 Å². The van der Waals surface area contributed by atoms with Crippen LogP contribution in [-0.4, -0.2) is 50.1 Å². The Labute approximate surface area is 171 Å². The van der Waals surface area contributed by atoms with Gasteiger partial charge in [0, 0.05) is 42.9 Å². The lowest BCUT2D eigenvalue weighted by atomic mass is 10.1. The zero-order valence-corrected chi connectivity index (χ0v) is 17.0. The molecule has 1 saturated heterocycles. The minimum atomic E-state index is -0.599. The van der Waals surface area contributed by atoms with E-state index in [0.29, 0.717) is 0 Å². The Balaban J connectivity index is 1.38. The van der Waals surface area contributed by atoms with Crippen molar-refractivity contribution < 1.29 is 9.53 Å². The molecule has 1 aliphatic rings. The van der Waals surface area contributed by atoms with Crippen molar-refractivity contribution in [3.8, 4) is 5.75 Å². The van der Waals surface area contributed by atoms with Crippen LogP contribution in [0.3, 0.4) is 0 Å². The number of fused-ring (bicyclic) bond motifs is 1. The molecular formula is C24H27N3O2. The van der Waals surface area contributed by atoms with Crippen LogP contribution in [0.1, 0.15) is 6.92 Å². The highest BCUT2D eigenvalue weighted by molar-refractivity contribution is 5.95. The fraction of sp³-hybridized carbons (Fsp3) is 0.292. The summed E-state index contributed by atoms with van der Waals surface area (Å²) in [4.78, 5) is 17.3. The summed E-state index contributed by atoms with van der Waals surface area (Å²) in [5, 5.41) is 5.06. The normalized spacial score (nSPS) is 15.9. The summed E-state index contributed by atoms with van der Waals surface area (Å²) < 4.78 is 5.97. The molecule has 1 fully saturated rings. The van der Waals surface area contributed by atoms with Crippen LogP contribution in [0.4, 0.5) is 11.4 Å². The van der Waals surface area contributed by atoms with E-state index in [2.05, 4.69) is 34.3 Å². The molecule has 1 amide bonds. The first kappa shape index (κ1) is 19.3. The van der Waals surface area contributed by atoms with E-state index in [-0.39, 0.29) is 5.91 Å². The third-order valence-corrected chi connectivity index (χ3v) is 5.43. The standard InChI is InChI=1S/C24H27N3O2/c1-18(29-23-9-5-7-19-6-3-4-8-22(19)23)24(28)25-20-10-12-21(13-11-20)27-16-14-26(2)15-17-27/h3-13,18H,14-17H2,1-2H3,(H,25,28)/t18-/m1/s1. The topological polar surface area (TPSA) is 44.8 Å². The summed E-state index contributed by atoms with van der Waals surface area (Å²) in [7, 11) is 2.15. The van der Waals surface area contributed by atoms with Crippen LogP contribution in [-0.2, 0) is 4.79 Å². The van der Waals surface area contributed by atoms with Crippen molar-refractivity contribution in [1.82, 2.24) is 4.90 Å². The van der Waals surface area contributed by atoms with Gasteiger partial charge in [-0.25, -0.2) is 0 Å². The lowest BCUT2D eigenvalue weighted by molar-refractivity contribution is -0.122. The predicted molar refractivity (Wildman–Crippen MR) is 119 cm³/mol. The number of carbonyl (C=O) groups is 1. The van der Waals surface area contributed by atoms with E-state index in [9.17, 15) is 4.79 Å². The first-order chi connectivity index (χ1) is 14.1. The second-order valence-electron chi connectivity index (χ2n) is 7.56. The van der Waals surface area contributed by atoms with E-state index >= 15 is 0 Å². The van der Waals surface area contributed by atoms with Crippen molar-refractivity contribution >= 4 is 28.1 Å². The molecule has 0 aromatic heterocycles. The molecule has 0 spiro atoms. The number of rotatable bonds is 5. The van der Waals surface area contributed by atoms with E-state index < -0.39 is 6.10 Å². The lowest BCUT2D eigenvalue weighted by Gasteiger charge is -2.34. The van der Waals surface area contributed by atoms with Crippen LogP contribution in [0.5, 0.6) is 5.75 Å². The third kappa shape index (κ3) is 4.51. The van der Waals surface area contributed by atoms with E-state index in [1.807, 2.05) is 54.6 Å². The number of amides is 1. The first-order valence-corrected chi connectivity index (χ1v) is 10.1. The van der Waals surface area contributed by atoms with Gasteiger partial charge in [0.1, 0.15) is 5.75 Å². The van der Waals surface area contributed by atoms with Gasteiger partial charge in [0.05, 0.1) is 0 Å². The zero-order chi connectivity index (χ0) is 20.2. The van der Waals surface area contributed by atoms with Crippen molar-refractivity contribution in [3.05, 3.63) is 66.7 Å². The number of anilines is 2. The molecule has 0 aliphatic carbocycles. The molecule has 150 valence electrons. The van der Waals surface area contributed by atoms with E-state index in [0.717, 1.165) is 48.4 Å². The molecule has 4 rings (SSSR count). The largest absolute Gasteiger partial charge is 0.480 e. The van der Waals surface area contributed by atoms with Gasteiger partial charge in [-0.05, 0) is 49.7 Å². The molecule has 0 bridgehead atoms. The monoisotopic (exact) mass is 389 g/mol. The maximum absolute atomic E-state index is 12.6. The summed E-state index contributed by atoms with van der Waals surface area (Å²) in [6, 6.07) is 21.9. The summed E-state index contributed by atoms with van der Waals surface area (Å²) in [6.07, 6.45) is -0.599. The number of nitrogens with one attached hydrogen (secondary N) is 1. The Kier molecular flexibility index (Phi) is 5.67. The minimum Gasteiger partial charge on any atom is -0.480 e. The van der Waals surface area contributed by atoms with Gasteiger partial charge >= 0.3 is 0 Å². The van der Waals surface area contributed by atoms with Gasteiger partial charge in [-0.1, -0.05) is 36.4 Å². The van der Waals surface area contributed by atoms with Crippen molar-refractivity contribution in [3.63, 3.8) is 0 Å². The van der Waals surface area contributed by atoms with Crippen LogP contribution in [0.25, 0.3) is 10.8 Å².